The van der Waals surface area contributed by atoms with Crippen molar-refractivity contribution in [1.29, 1.82) is 0 Å². The molecule has 21 heavy (non-hydrogen) atoms. The van der Waals surface area contributed by atoms with E-state index in [-0.39, 0.29) is 11.8 Å². The molecule has 1 N–H and O–H groups in total. The van der Waals surface area contributed by atoms with Gasteiger partial charge in [-0.1, -0.05) is 12.1 Å². The van der Waals surface area contributed by atoms with Crippen LogP contribution in [0.2, 0.25) is 0 Å². The molecule has 0 bridgehead atoms. The van der Waals surface area contributed by atoms with Gasteiger partial charge in [-0.05, 0) is 50.1 Å². The number of amides is 2. The molecule has 0 spiro atoms. The van der Waals surface area contributed by atoms with Gasteiger partial charge in [-0.2, -0.15) is 0 Å². The molecule has 0 aliphatic heterocycles. The Balaban J connectivity index is 2.27. The Kier molecular flexibility index (Phi) is 5.18. The standard InChI is InChI=1S/C14H12Br2N2O2S/c1-18(2)14(20)8-5-3-4-6-10(8)17-13(19)11-7-9(15)12(16)21-11/h3-7H,1-2H3,(H,17,19). The Labute approximate surface area is 143 Å². The van der Waals surface area contributed by atoms with E-state index in [0.717, 1.165) is 8.26 Å². The van der Waals surface area contributed by atoms with E-state index in [0.29, 0.717) is 16.1 Å². The lowest BCUT2D eigenvalue weighted by Crippen LogP contribution is -2.23. The van der Waals surface area contributed by atoms with Crippen LogP contribution in [0.1, 0.15) is 20.0 Å². The van der Waals surface area contributed by atoms with Crippen molar-refractivity contribution in [2.24, 2.45) is 0 Å². The molecule has 4 nitrogen and oxygen atoms in total. The molecule has 0 aliphatic rings. The maximum atomic E-state index is 12.3. The van der Waals surface area contributed by atoms with Crippen LogP contribution in [0.5, 0.6) is 0 Å². The third-order valence-corrected chi connectivity index (χ3v) is 5.94. The number of anilines is 1. The van der Waals surface area contributed by atoms with Gasteiger partial charge in [0, 0.05) is 18.6 Å². The zero-order valence-electron chi connectivity index (χ0n) is 11.3. The minimum absolute atomic E-state index is 0.153. The minimum Gasteiger partial charge on any atom is -0.345 e. The van der Waals surface area contributed by atoms with Gasteiger partial charge in [0.25, 0.3) is 11.8 Å². The molecule has 2 aromatic rings. The van der Waals surface area contributed by atoms with Gasteiger partial charge in [-0.15, -0.1) is 11.3 Å². The number of hydrogen-bond donors (Lipinski definition) is 1. The first-order valence-corrected chi connectivity index (χ1v) is 8.37. The summed E-state index contributed by atoms with van der Waals surface area (Å²) in [4.78, 5) is 26.4. The summed E-state index contributed by atoms with van der Waals surface area (Å²) in [5, 5.41) is 2.79. The molecular formula is C14H12Br2N2O2S. The minimum atomic E-state index is -0.245. The zero-order chi connectivity index (χ0) is 15.6. The molecule has 0 saturated heterocycles. The summed E-state index contributed by atoms with van der Waals surface area (Å²) in [5.41, 5.74) is 0.965. The predicted octanol–water partition coefficient (Wildman–Crippen LogP) is 4.23. The van der Waals surface area contributed by atoms with Crippen LogP contribution in [0.3, 0.4) is 0 Å². The fourth-order valence-electron chi connectivity index (χ4n) is 1.66. The lowest BCUT2D eigenvalue weighted by molar-refractivity contribution is 0.0828. The quantitative estimate of drug-likeness (QED) is 0.790. The first-order chi connectivity index (χ1) is 9.90. The van der Waals surface area contributed by atoms with Gasteiger partial charge in [-0.3, -0.25) is 9.59 Å². The molecule has 0 saturated carbocycles. The number of hydrogen-bond acceptors (Lipinski definition) is 3. The molecule has 0 unspecified atom stereocenters. The average Bonchev–Trinajstić information content (AvgIpc) is 2.78. The lowest BCUT2D eigenvalue weighted by atomic mass is 10.1. The van der Waals surface area contributed by atoms with Crippen LogP contribution in [0.4, 0.5) is 5.69 Å². The Morgan fingerprint density at radius 1 is 1.19 bits per heavy atom. The monoisotopic (exact) mass is 430 g/mol. The normalized spacial score (nSPS) is 10.3. The van der Waals surface area contributed by atoms with Crippen molar-refractivity contribution in [3.63, 3.8) is 0 Å². The number of carbonyl (C=O) groups is 2. The average molecular weight is 432 g/mol. The Bertz CT molecular complexity index is 679. The molecule has 1 aromatic carbocycles. The summed E-state index contributed by atoms with van der Waals surface area (Å²) in [7, 11) is 3.35. The number of nitrogens with zero attached hydrogens (tertiary/aromatic N) is 1. The van der Waals surface area contributed by atoms with Gasteiger partial charge in [0.2, 0.25) is 0 Å². The van der Waals surface area contributed by atoms with E-state index in [1.165, 1.54) is 16.2 Å². The molecular weight excluding hydrogens is 420 g/mol. The molecule has 0 aliphatic carbocycles. The summed E-state index contributed by atoms with van der Waals surface area (Å²) in [6.07, 6.45) is 0. The van der Waals surface area contributed by atoms with Crippen LogP contribution in [0.15, 0.2) is 38.6 Å². The fourth-order valence-corrected chi connectivity index (χ4v) is 3.59. The molecule has 1 aromatic heterocycles. The summed E-state index contributed by atoms with van der Waals surface area (Å²) >= 11 is 8.03. The van der Waals surface area contributed by atoms with Crippen LogP contribution in [-0.4, -0.2) is 30.8 Å². The van der Waals surface area contributed by atoms with Crippen molar-refractivity contribution in [2.45, 2.75) is 0 Å². The van der Waals surface area contributed by atoms with E-state index < -0.39 is 0 Å². The second-order valence-corrected chi connectivity index (χ2v) is 7.66. The van der Waals surface area contributed by atoms with Gasteiger partial charge < -0.3 is 10.2 Å². The van der Waals surface area contributed by atoms with E-state index in [4.69, 9.17) is 0 Å². The zero-order valence-corrected chi connectivity index (χ0v) is 15.3. The first kappa shape index (κ1) is 16.2. The molecule has 0 fully saturated rings. The third-order valence-electron chi connectivity index (χ3n) is 2.68. The van der Waals surface area contributed by atoms with Gasteiger partial charge in [0.15, 0.2) is 0 Å². The SMILES string of the molecule is CN(C)C(=O)c1ccccc1NC(=O)c1cc(Br)c(Br)s1. The molecule has 7 heteroatoms. The van der Waals surface area contributed by atoms with E-state index in [1.807, 2.05) is 0 Å². The second kappa shape index (κ2) is 6.72. The number of halogens is 2. The van der Waals surface area contributed by atoms with Crippen LogP contribution in [0, 0.1) is 0 Å². The highest BCUT2D eigenvalue weighted by Crippen LogP contribution is 2.32. The van der Waals surface area contributed by atoms with E-state index in [9.17, 15) is 9.59 Å². The molecule has 2 rings (SSSR count). The fraction of sp³-hybridized carbons (Fsp3) is 0.143. The van der Waals surface area contributed by atoms with Crippen molar-refractivity contribution in [3.8, 4) is 0 Å². The third kappa shape index (κ3) is 3.72. The number of rotatable bonds is 3. The van der Waals surface area contributed by atoms with Crippen LogP contribution >= 0.6 is 43.2 Å². The number of benzene rings is 1. The predicted molar refractivity (Wildman–Crippen MR) is 92.1 cm³/mol. The maximum absolute atomic E-state index is 12.3. The number of para-hydroxylation sites is 1. The van der Waals surface area contributed by atoms with Gasteiger partial charge in [0.05, 0.1) is 19.9 Å². The molecule has 0 radical (unpaired) electrons. The largest absolute Gasteiger partial charge is 0.345 e. The highest BCUT2D eigenvalue weighted by molar-refractivity contribution is 9.13. The van der Waals surface area contributed by atoms with Crippen LogP contribution < -0.4 is 5.32 Å². The Morgan fingerprint density at radius 2 is 1.86 bits per heavy atom. The number of carbonyl (C=O) groups excluding carboxylic acids is 2. The molecule has 0 atom stereocenters. The van der Waals surface area contributed by atoms with Crippen molar-refractivity contribution >= 4 is 60.7 Å². The molecule has 1 heterocycles. The summed E-state index contributed by atoms with van der Waals surface area (Å²) in [5.74, 6) is -0.398. The summed E-state index contributed by atoms with van der Waals surface area (Å²) in [6, 6.07) is 8.69. The van der Waals surface area contributed by atoms with Crippen molar-refractivity contribution in [3.05, 3.63) is 49.0 Å². The van der Waals surface area contributed by atoms with Gasteiger partial charge >= 0.3 is 0 Å². The van der Waals surface area contributed by atoms with Gasteiger partial charge in [-0.25, -0.2) is 0 Å². The van der Waals surface area contributed by atoms with Crippen molar-refractivity contribution < 1.29 is 9.59 Å². The second-order valence-electron chi connectivity index (χ2n) is 4.43. The first-order valence-electron chi connectivity index (χ1n) is 5.97. The van der Waals surface area contributed by atoms with Crippen molar-refractivity contribution in [2.75, 3.05) is 19.4 Å². The maximum Gasteiger partial charge on any atom is 0.265 e. The van der Waals surface area contributed by atoms with E-state index in [2.05, 4.69) is 37.2 Å². The molecule has 2 amide bonds. The highest BCUT2D eigenvalue weighted by atomic mass is 79.9. The van der Waals surface area contributed by atoms with E-state index >= 15 is 0 Å². The van der Waals surface area contributed by atoms with E-state index in [1.54, 1.807) is 44.4 Å². The van der Waals surface area contributed by atoms with Crippen LogP contribution in [-0.2, 0) is 0 Å². The van der Waals surface area contributed by atoms with Crippen molar-refractivity contribution in [1.82, 2.24) is 4.90 Å². The van der Waals surface area contributed by atoms with Crippen LogP contribution in [0.25, 0.3) is 0 Å². The molecule has 110 valence electrons. The lowest BCUT2D eigenvalue weighted by Gasteiger charge is -2.14. The smallest absolute Gasteiger partial charge is 0.265 e. The number of thiophene rings is 1. The highest BCUT2D eigenvalue weighted by Gasteiger charge is 2.17. The Morgan fingerprint density at radius 3 is 2.43 bits per heavy atom. The topological polar surface area (TPSA) is 49.4 Å². The summed E-state index contributed by atoms with van der Waals surface area (Å²) in [6.45, 7) is 0. The summed E-state index contributed by atoms with van der Waals surface area (Å²) < 4.78 is 1.68. The Hall–Kier alpha value is -1.18. The number of nitrogens with one attached hydrogen (secondary N) is 1. The van der Waals surface area contributed by atoms with Gasteiger partial charge in [0.1, 0.15) is 0 Å².